The van der Waals surface area contributed by atoms with Crippen LogP contribution in [0.25, 0.3) is 64.3 Å². The summed E-state index contributed by atoms with van der Waals surface area (Å²) in [6.45, 7) is 0. The molecule has 1 heterocycles. The van der Waals surface area contributed by atoms with Crippen LogP contribution < -0.4 is 4.90 Å². The smallest absolute Gasteiger partial charge is 0.0554 e. The van der Waals surface area contributed by atoms with Gasteiger partial charge in [-0.05, 0) is 111 Å². The van der Waals surface area contributed by atoms with Crippen LogP contribution in [0.3, 0.4) is 0 Å². The van der Waals surface area contributed by atoms with E-state index >= 15 is 0 Å². The van der Waals surface area contributed by atoms with Crippen molar-refractivity contribution in [1.29, 1.82) is 0 Å². The van der Waals surface area contributed by atoms with Crippen LogP contribution in [-0.4, -0.2) is 0 Å². The summed E-state index contributed by atoms with van der Waals surface area (Å²) in [5.74, 6) is 0. The molecule has 0 amide bonds. The topological polar surface area (TPSA) is 3.24 Å². The Hall–Kier alpha value is -6.48. The first-order valence-corrected chi connectivity index (χ1v) is 19.5. The van der Waals surface area contributed by atoms with Gasteiger partial charge in [-0.15, -0.1) is 11.3 Å². The highest BCUT2D eigenvalue weighted by molar-refractivity contribution is 7.26. The van der Waals surface area contributed by atoms with Gasteiger partial charge >= 0.3 is 0 Å². The van der Waals surface area contributed by atoms with Gasteiger partial charge in [-0.3, -0.25) is 0 Å². The van der Waals surface area contributed by atoms with Crippen molar-refractivity contribution in [3.8, 4) is 22.3 Å². The molecule has 0 unspecified atom stereocenters. The molecule has 1 aliphatic rings. The molecule has 0 radical (unpaired) electrons. The van der Waals surface area contributed by atoms with Crippen molar-refractivity contribution in [2.45, 2.75) is 12.8 Å². The molecule has 0 N–H and O–H groups in total. The normalized spacial score (nSPS) is 12.9. The van der Waals surface area contributed by atoms with Gasteiger partial charge in [0, 0.05) is 31.5 Å². The molecular weight excluding hydrogens is 671 g/mol. The Morgan fingerprint density at radius 1 is 0.407 bits per heavy atom. The minimum Gasteiger partial charge on any atom is -0.310 e. The summed E-state index contributed by atoms with van der Waals surface area (Å²) in [6, 6.07) is 68.5. The molecule has 0 spiro atoms. The lowest BCUT2D eigenvalue weighted by Crippen LogP contribution is -2.10. The molecule has 1 aliphatic carbocycles. The zero-order valence-electron chi connectivity index (χ0n) is 29.8. The van der Waals surface area contributed by atoms with E-state index in [1.165, 1.54) is 81.2 Å². The molecule has 0 bridgehead atoms. The molecule has 1 aromatic heterocycles. The van der Waals surface area contributed by atoms with E-state index in [1.54, 1.807) is 0 Å². The maximum atomic E-state index is 2.45. The second-order valence-electron chi connectivity index (χ2n) is 14.0. The molecule has 9 aromatic rings. The Bertz CT molecular complexity index is 2860. The van der Waals surface area contributed by atoms with Crippen LogP contribution in [0.1, 0.15) is 24.0 Å². The maximum Gasteiger partial charge on any atom is 0.0554 e. The molecule has 8 aromatic carbocycles. The Morgan fingerprint density at radius 2 is 1.04 bits per heavy atom. The van der Waals surface area contributed by atoms with Crippen LogP contribution >= 0.6 is 11.3 Å². The average Bonchev–Trinajstić information content (AvgIpc) is 3.65. The van der Waals surface area contributed by atoms with E-state index in [4.69, 9.17) is 0 Å². The van der Waals surface area contributed by atoms with E-state index in [0.29, 0.717) is 0 Å². The highest BCUT2D eigenvalue weighted by atomic mass is 32.1. The van der Waals surface area contributed by atoms with Crippen LogP contribution in [-0.2, 0) is 0 Å². The molecule has 0 saturated carbocycles. The lowest BCUT2D eigenvalue weighted by atomic mass is 9.89. The van der Waals surface area contributed by atoms with E-state index in [2.05, 4.69) is 205 Å². The Morgan fingerprint density at radius 3 is 1.83 bits per heavy atom. The van der Waals surface area contributed by atoms with Gasteiger partial charge in [0.05, 0.1) is 5.69 Å². The number of nitrogens with zero attached hydrogens (tertiary/aromatic N) is 1. The van der Waals surface area contributed by atoms with E-state index in [9.17, 15) is 0 Å². The number of hydrogen-bond acceptors (Lipinski definition) is 2. The predicted molar refractivity (Wildman–Crippen MR) is 234 cm³/mol. The van der Waals surface area contributed by atoms with Crippen molar-refractivity contribution >= 4 is 70.5 Å². The van der Waals surface area contributed by atoms with Gasteiger partial charge in [0.1, 0.15) is 0 Å². The van der Waals surface area contributed by atoms with Gasteiger partial charge in [-0.25, -0.2) is 0 Å². The number of anilines is 3. The maximum absolute atomic E-state index is 2.45. The van der Waals surface area contributed by atoms with Gasteiger partial charge in [0.2, 0.25) is 0 Å². The van der Waals surface area contributed by atoms with Gasteiger partial charge in [0.15, 0.2) is 0 Å². The molecule has 2 heteroatoms. The number of thiophene rings is 1. The summed E-state index contributed by atoms with van der Waals surface area (Å²) >= 11 is 1.91. The Kier molecular flexibility index (Phi) is 8.24. The summed E-state index contributed by atoms with van der Waals surface area (Å²) in [7, 11) is 0. The summed E-state index contributed by atoms with van der Waals surface area (Å²) in [5.41, 5.74) is 13.8. The molecule has 0 atom stereocenters. The largest absolute Gasteiger partial charge is 0.310 e. The predicted octanol–water partition coefficient (Wildman–Crippen LogP) is 15.3. The minimum absolute atomic E-state index is 1.03. The standard InChI is InChI=1S/C52H37NS/c1-3-12-36(13-4-1)39-24-27-41(28-25-39)47-20-10-21-48-51-49(22-11-23-50(51)54-52(47)48)53(45-32-30-40(31-33-45)37-14-5-2-6-15-37)46-19-9-18-43(35-46)44-29-26-38-16-7-8-17-42(38)34-44/h1-24,26-27,29-35H,25,28H2. The second kappa shape index (κ2) is 13.8. The SMILES string of the molecule is C1=C(c2ccccc2)CCC(c2cccc3c2sc2cccc(N(c4ccc(-c5ccccc5)cc4)c4cccc(-c5ccc6ccccc6c5)c4)c23)=C1. The third-order valence-corrected chi connectivity index (χ3v) is 12.0. The van der Waals surface area contributed by atoms with E-state index in [1.807, 2.05) is 11.3 Å². The number of hydrogen-bond donors (Lipinski definition) is 0. The fourth-order valence-electron chi connectivity index (χ4n) is 8.08. The van der Waals surface area contributed by atoms with Gasteiger partial charge in [0.25, 0.3) is 0 Å². The van der Waals surface area contributed by atoms with Crippen molar-refractivity contribution in [2.75, 3.05) is 4.90 Å². The van der Waals surface area contributed by atoms with E-state index in [-0.39, 0.29) is 0 Å². The fraction of sp³-hybridized carbons (Fsp3) is 0.0385. The average molecular weight is 708 g/mol. The first-order chi connectivity index (χ1) is 26.8. The van der Waals surface area contributed by atoms with Gasteiger partial charge in [-0.1, -0.05) is 158 Å². The Balaban J connectivity index is 1.13. The molecule has 0 saturated heterocycles. The van der Waals surface area contributed by atoms with Crippen molar-refractivity contribution < 1.29 is 0 Å². The minimum atomic E-state index is 1.03. The van der Waals surface area contributed by atoms with Crippen molar-refractivity contribution in [3.63, 3.8) is 0 Å². The molecule has 256 valence electrons. The number of benzene rings is 8. The van der Waals surface area contributed by atoms with Crippen LogP contribution in [0.4, 0.5) is 17.1 Å². The van der Waals surface area contributed by atoms with E-state index < -0.39 is 0 Å². The molecule has 10 rings (SSSR count). The third-order valence-electron chi connectivity index (χ3n) is 10.8. The molecular formula is C52H37NS. The monoisotopic (exact) mass is 707 g/mol. The van der Waals surface area contributed by atoms with Gasteiger partial charge < -0.3 is 4.90 Å². The summed E-state index contributed by atoms with van der Waals surface area (Å²) in [4.78, 5) is 2.45. The van der Waals surface area contributed by atoms with Crippen LogP contribution in [0.5, 0.6) is 0 Å². The number of allylic oxidation sites excluding steroid dienone is 4. The fourth-order valence-corrected chi connectivity index (χ4v) is 9.35. The van der Waals surface area contributed by atoms with Crippen LogP contribution in [0.2, 0.25) is 0 Å². The first kappa shape index (κ1) is 32.2. The summed E-state index contributed by atoms with van der Waals surface area (Å²) < 4.78 is 2.65. The molecule has 54 heavy (non-hydrogen) atoms. The quantitative estimate of drug-likeness (QED) is 0.159. The molecule has 0 fully saturated rings. The van der Waals surface area contributed by atoms with Crippen LogP contribution in [0.15, 0.2) is 200 Å². The van der Waals surface area contributed by atoms with Crippen LogP contribution in [0, 0.1) is 0 Å². The van der Waals surface area contributed by atoms with Crippen molar-refractivity contribution in [1.82, 2.24) is 0 Å². The third kappa shape index (κ3) is 5.91. The molecule has 1 nitrogen and oxygen atoms in total. The Labute approximate surface area is 320 Å². The first-order valence-electron chi connectivity index (χ1n) is 18.7. The lowest BCUT2D eigenvalue weighted by molar-refractivity contribution is 1.07. The highest BCUT2D eigenvalue weighted by Gasteiger charge is 2.21. The lowest BCUT2D eigenvalue weighted by Gasteiger charge is -2.27. The van der Waals surface area contributed by atoms with Crippen molar-refractivity contribution in [3.05, 3.63) is 211 Å². The number of rotatable bonds is 7. The molecule has 0 aliphatic heterocycles. The zero-order valence-corrected chi connectivity index (χ0v) is 30.6. The zero-order chi connectivity index (χ0) is 35.8. The summed E-state index contributed by atoms with van der Waals surface area (Å²) in [5, 5.41) is 5.10. The van der Waals surface area contributed by atoms with Gasteiger partial charge in [-0.2, -0.15) is 0 Å². The van der Waals surface area contributed by atoms with Crippen molar-refractivity contribution in [2.24, 2.45) is 0 Å². The summed E-state index contributed by atoms with van der Waals surface area (Å²) in [6.07, 6.45) is 6.75. The number of fused-ring (bicyclic) bond motifs is 4. The van der Waals surface area contributed by atoms with E-state index in [0.717, 1.165) is 24.2 Å². The second-order valence-corrected chi connectivity index (χ2v) is 15.1. The highest BCUT2D eigenvalue weighted by Crippen LogP contribution is 2.48.